The molecule has 26 heavy (non-hydrogen) atoms. The second-order valence-corrected chi connectivity index (χ2v) is 5.86. The van der Waals surface area contributed by atoms with E-state index < -0.39 is 11.9 Å². The number of carbonyl (C=O) groups is 2. The van der Waals surface area contributed by atoms with Crippen molar-refractivity contribution in [2.45, 2.75) is 13.8 Å². The summed E-state index contributed by atoms with van der Waals surface area (Å²) < 4.78 is 13.7. The summed E-state index contributed by atoms with van der Waals surface area (Å²) in [5.74, 6) is 0.00184. The van der Waals surface area contributed by atoms with Gasteiger partial charge in [-0.25, -0.2) is 9.59 Å². The lowest BCUT2D eigenvalue weighted by Gasteiger charge is -2.12. The molecule has 0 unspecified atom stereocenters. The quantitative estimate of drug-likeness (QED) is 0.532. The maximum absolute atomic E-state index is 12.7. The predicted molar refractivity (Wildman–Crippen MR) is 94.7 cm³/mol. The van der Waals surface area contributed by atoms with Crippen LogP contribution in [0.25, 0.3) is 5.82 Å². The monoisotopic (exact) mass is 353 g/mol. The van der Waals surface area contributed by atoms with E-state index in [1.54, 1.807) is 36.0 Å². The molecule has 3 aromatic rings. The van der Waals surface area contributed by atoms with Gasteiger partial charge in [0, 0.05) is 18.4 Å². The van der Waals surface area contributed by atoms with E-state index in [0.717, 1.165) is 11.4 Å². The minimum Gasteiger partial charge on any atom is -0.465 e. The minimum absolute atomic E-state index is 0.332. The summed E-state index contributed by atoms with van der Waals surface area (Å²) >= 11 is 0. The lowest BCUT2D eigenvalue weighted by atomic mass is 10.2. The molecule has 0 spiro atoms. The molecule has 0 N–H and O–H groups in total. The van der Waals surface area contributed by atoms with E-state index in [2.05, 4.69) is 9.84 Å². The van der Waals surface area contributed by atoms with Crippen LogP contribution in [0.2, 0.25) is 0 Å². The fraction of sp³-hybridized carbons (Fsp3) is 0.211. The molecule has 7 heteroatoms. The number of hydrogen-bond acceptors (Lipinski definition) is 5. The van der Waals surface area contributed by atoms with Gasteiger partial charge in [-0.1, -0.05) is 0 Å². The van der Waals surface area contributed by atoms with Crippen LogP contribution < -0.4 is 4.74 Å². The van der Waals surface area contributed by atoms with Crippen molar-refractivity contribution in [3.8, 4) is 11.6 Å². The lowest BCUT2D eigenvalue weighted by molar-refractivity contribution is 0.0600. The van der Waals surface area contributed by atoms with Crippen LogP contribution in [-0.4, -0.2) is 33.4 Å². The van der Waals surface area contributed by atoms with Crippen molar-refractivity contribution in [2.75, 3.05) is 7.11 Å². The van der Waals surface area contributed by atoms with E-state index in [-0.39, 0.29) is 0 Å². The molecular weight excluding hydrogens is 334 g/mol. The zero-order valence-corrected chi connectivity index (χ0v) is 15.0. The first-order chi connectivity index (χ1) is 12.4. The number of nitrogens with zero attached hydrogens (tertiary/aromatic N) is 3. The molecule has 0 bridgehead atoms. The van der Waals surface area contributed by atoms with Crippen molar-refractivity contribution in [1.29, 1.82) is 0 Å². The summed E-state index contributed by atoms with van der Waals surface area (Å²) in [5.41, 5.74) is 2.71. The molecule has 134 valence electrons. The minimum atomic E-state index is -0.522. The molecule has 0 saturated carbocycles. The first kappa shape index (κ1) is 17.5. The molecule has 3 rings (SSSR count). The molecule has 2 heterocycles. The summed E-state index contributed by atoms with van der Waals surface area (Å²) in [5, 5.41) is 4.20. The highest BCUT2D eigenvalue weighted by Crippen LogP contribution is 2.22. The van der Waals surface area contributed by atoms with Gasteiger partial charge in [0.05, 0.1) is 18.9 Å². The second kappa shape index (κ2) is 6.87. The summed E-state index contributed by atoms with van der Waals surface area (Å²) in [6.45, 7) is 3.92. The maximum atomic E-state index is 12.7. The van der Waals surface area contributed by atoms with Crippen molar-refractivity contribution in [2.24, 2.45) is 7.05 Å². The Hall–Kier alpha value is -3.35. The van der Waals surface area contributed by atoms with Gasteiger partial charge >= 0.3 is 11.9 Å². The Labute approximate surface area is 150 Å². The Balaban J connectivity index is 1.89. The Kier molecular flexibility index (Phi) is 4.62. The van der Waals surface area contributed by atoms with Crippen molar-refractivity contribution in [3.05, 3.63) is 65.1 Å². The number of methoxy groups -OCH3 is 1. The summed E-state index contributed by atoms with van der Waals surface area (Å²) in [6.07, 6.45) is 1.49. The molecule has 0 saturated heterocycles. The zero-order valence-electron chi connectivity index (χ0n) is 15.0. The van der Waals surface area contributed by atoms with Crippen LogP contribution >= 0.6 is 0 Å². The van der Waals surface area contributed by atoms with Crippen LogP contribution in [0, 0.1) is 13.8 Å². The maximum Gasteiger partial charge on any atom is 0.348 e. The van der Waals surface area contributed by atoms with Crippen molar-refractivity contribution in [1.82, 2.24) is 14.3 Å². The largest absolute Gasteiger partial charge is 0.465 e. The first-order valence-corrected chi connectivity index (χ1v) is 8.00. The number of rotatable bonds is 4. The predicted octanol–water partition coefficient (Wildman–Crippen LogP) is 2.83. The highest BCUT2D eigenvalue weighted by molar-refractivity contribution is 5.94. The SMILES string of the molecule is COC(=O)c1ccc(OC(=O)c2cnn(C)c2-n2c(C)ccc2C)cc1. The van der Waals surface area contributed by atoms with Gasteiger partial charge in [0.25, 0.3) is 0 Å². The molecule has 0 atom stereocenters. The number of ether oxygens (including phenoxy) is 2. The van der Waals surface area contributed by atoms with E-state index in [1.807, 2.05) is 30.5 Å². The smallest absolute Gasteiger partial charge is 0.348 e. The molecular formula is C19H19N3O4. The molecule has 0 amide bonds. The van der Waals surface area contributed by atoms with Crippen LogP contribution in [0.5, 0.6) is 5.75 Å². The summed E-state index contributed by atoms with van der Waals surface area (Å²) in [6, 6.07) is 10.1. The third kappa shape index (κ3) is 3.11. The number of hydrogen-bond donors (Lipinski definition) is 0. The van der Waals surface area contributed by atoms with Crippen LogP contribution in [-0.2, 0) is 11.8 Å². The Morgan fingerprint density at radius 1 is 0.962 bits per heavy atom. The van der Waals surface area contributed by atoms with Gasteiger partial charge in [-0.15, -0.1) is 0 Å². The molecule has 2 aromatic heterocycles. The van der Waals surface area contributed by atoms with Crippen molar-refractivity contribution in [3.63, 3.8) is 0 Å². The van der Waals surface area contributed by atoms with Crippen molar-refractivity contribution < 1.29 is 19.1 Å². The topological polar surface area (TPSA) is 75.4 Å². The third-order valence-electron chi connectivity index (χ3n) is 4.10. The van der Waals surface area contributed by atoms with Crippen LogP contribution in [0.15, 0.2) is 42.6 Å². The molecule has 0 aliphatic rings. The van der Waals surface area contributed by atoms with Crippen molar-refractivity contribution >= 4 is 11.9 Å². The number of benzene rings is 1. The fourth-order valence-corrected chi connectivity index (χ4v) is 2.78. The normalized spacial score (nSPS) is 10.6. The van der Waals surface area contributed by atoms with Gasteiger partial charge in [0.15, 0.2) is 0 Å². The number of aromatic nitrogens is 3. The average molecular weight is 353 g/mol. The standard InChI is InChI=1S/C19H19N3O4/c1-12-5-6-13(2)22(12)17-16(11-20-21(17)3)19(24)26-15-9-7-14(8-10-15)18(23)25-4/h5-11H,1-4H3. The highest BCUT2D eigenvalue weighted by atomic mass is 16.5. The van der Waals surface area contributed by atoms with Gasteiger partial charge < -0.3 is 14.0 Å². The highest BCUT2D eigenvalue weighted by Gasteiger charge is 2.21. The van der Waals surface area contributed by atoms with Gasteiger partial charge in [-0.3, -0.25) is 4.68 Å². The van der Waals surface area contributed by atoms with Gasteiger partial charge in [0.2, 0.25) is 0 Å². The second-order valence-electron chi connectivity index (χ2n) is 5.86. The average Bonchev–Trinajstić information content (AvgIpc) is 3.16. The molecule has 0 aliphatic heterocycles. The fourth-order valence-electron chi connectivity index (χ4n) is 2.78. The van der Waals surface area contributed by atoms with E-state index in [9.17, 15) is 9.59 Å². The molecule has 0 radical (unpaired) electrons. The summed E-state index contributed by atoms with van der Waals surface area (Å²) in [4.78, 5) is 24.1. The van der Waals surface area contributed by atoms with Crippen LogP contribution in [0.4, 0.5) is 0 Å². The Morgan fingerprint density at radius 2 is 1.58 bits per heavy atom. The number of carbonyl (C=O) groups excluding carboxylic acids is 2. The van der Waals surface area contributed by atoms with E-state index in [4.69, 9.17) is 4.74 Å². The van der Waals surface area contributed by atoms with Crippen LogP contribution in [0.1, 0.15) is 32.1 Å². The Morgan fingerprint density at radius 3 is 2.15 bits per heavy atom. The van der Waals surface area contributed by atoms with Crippen LogP contribution in [0.3, 0.4) is 0 Å². The molecule has 0 aliphatic carbocycles. The zero-order chi connectivity index (χ0) is 18.8. The van der Waals surface area contributed by atoms with E-state index in [0.29, 0.717) is 22.7 Å². The van der Waals surface area contributed by atoms with Gasteiger partial charge in [-0.2, -0.15) is 5.10 Å². The Bertz CT molecular complexity index is 948. The number of aryl methyl sites for hydroxylation is 3. The first-order valence-electron chi connectivity index (χ1n) is 8.00. The molecule has 7 nitrogen and oxygen atoms in total. The summed E-state index contributed by atoms with van der Waals surface area (Å²) in [7, 11) is 3.08. The molecule has 1 aromatic carbocycles. The van der Waals surface area contributed by atoms with Gasteiger partial charge in [-0.05, 0) is 50.2 Å². The lowest BCUT2D eigenvalue weighted by Crippen LogP contribution is -2.14. The van der Waals surface area contributed by atoms with Gasteiger partial charge in [0.1, 0.15) is 17.1 Å². The number of esters is 2. The molecule has 0 fully saturated rings. The third-order valence-corrected chi connectivity index (χ3v) is 4.10. The van der Waals surface area contributed by atoms with E-state index in [1.165, 1.54) is 13.3 Å². The van der Waals surface area contributed by atoms with E-state index >= 15 is 0 Å².